The molecule has 1 heterocycles. The van der Waals surface area contributed by atoms with Crippen LogP contribution in [0.1, 0.15) is 16.8 Å². The molecule has 17 heavy (non-hydrogen) atoms. The van der Waals surface area contributed by atoms with Crippen molar-refractivity contribution in [3.8, 4) is 11.5 Å². The average molecular weight is 237 g/mol. The van der Waals surface area contributed by atoms with Gasteiger partial charge in [0.1, 0.15) is 6.10 Å². The third-order valence-corrected chi connectivity index (χ3v) is 2.56. The van der Waals surface area contributed by atoms with Gasteiger partial charge in [0.2, 0.25) is 0 Å². The van der Waals surface area contributed by atoms with Crippen molar-refractivity contribution in [2.24, 2.45) is 5.73 Å². The summed E-state index contributed by atoms with van der Waals surface area (Å²) in [6.45, 7) is 1.07. The van der Waals surface area contributed by atoms with Crippen LogP contribution in [-0.4, -0.2) is 36.8 Å². The van der Waals surface area contributed by atoms with Crippen molar-refractivity contribution in [3.05, 3.63) is 23.8 Å². The number of hydrogen-bond acceptors (Lipinski definition) is 5. The summed E-state index contributed by atoms with van der Waals surface area (Å²) in [6, 6.07) is 4.87. The zero-order valence-electron chi connectivity index (χ0n) is 9.39. The van der Waals surface area contributed by atoms with Gasteiger partial charge >= 0.3 is 0 Å². The molecule has 0 bridgehead atoms. The van der Waals surface area contributed by atoms with Crippen molar-refractivity contribution in [2.75, 3.05) is 19.8 Å². The fourth-order valence-electron chi connectivity index (χ4n) is 1.62. The molecule has 0 amide bonds. The summed E-state index contributed by atoms with van der Waals surface area (Å²) in [6.07, 6.45) is -0.358. The van der Waals surface area contributed by atoms with Crippen LogP contribution in [0.3, 0.4) is 0 Å². The lowest BCUT2D eigenvalue weighted by molar-refractivity contribution is 0.0762. The Balaban J connectivity index is 2.26. The Kier molecular flexibility index (Phi) is 3.61. The molecule has 5 nitrogen and oxygen atoms in total. The number of hydrogen-bond donors (Lipinski definition) is 2. The standard InChI is InChI=1S/C12H15NO4/c13-7-9(14)12(15)8-2-3-10-11(6-8)17-5-1-4-16-10/h2-3,6,9,14H,1,4-5,7,13H2. The van der Waals surface area contributed by atoms with Crippen molar-refractivity contribution in [2.45, 2.75) is 12.5 Å². The summed E-state index contributed by atoms with van der Waals surface area (Å²) in [5.74, 6) is 0.766. The van der Waals surface area contributed by atoms with Gasteiger partial charge in [0.05, 0.1) is 13.2 Å². The zero-order valence-corrected chi connectivity index (χ0v) is 9.39. The van der Waals surface area contributed by atoms with Crippen LogP contribution >= 0.6 is 0 Å². The molecule has 0 fully saturated rings. The van der Waals surface area contributed by atoms with Crippen LogP contribution in [0.4, 0.5) is 0 Å². The monoisotopic (exact) mass is 237 g/mol. The van der Waals surface area contributed by atoms with Gasteiger partial charge in [-0.15, -0.1) is 0 Å². The molecule has 92 valence electrons. The van der Waals surface area contributed by atoms with E-state index in [1.54, 1.807) is 18.2 Å². The number of ketones is 1. The summed E-state index contributed by atoms with van der Waals surface area (Å²) in [7, 11) is 0. The van der Waals surface area contributed by atoms with Crippen LogP contribution in [0.25, 0.3) is 0 Å². The van der Waals surface area contributed by atoms with E-state index in [2.05, 4.69) is 0 Å². The summed E-state index contributed by atoms with van der Waals surface area (Å²) >= 11 is 0. The van der Waals surface area contributed by atoms with Gasteiger partial charge in [-0.1, -0.05) is 0 Å². The molecule has 0 saturated heterocycles. The molecule has 5 heteroatoms. The van der Waals surface area contributed by atoms with Crippen LogP contribution in [0, 0.1) is 0 Å². The van der Waals surface area contributed by atoms with Gasteiger partial charge < -0.3 is 20.3 Å². The van der Waals surface area contributed by atoms with Crippen LogP contribution in [-0.2, 0) is 0 Å². The average Bonchev–Trinajstić information content (AvgIpc) is 2.61. The minimum atomic E-state index is -1.17. The topological polar surface area (TPSA) is 81.8 Å². The molecule has 0 saturated carbocycles. The first kappa shape index (κ1) is 11.9. The van der Waals surface area contributed by atoms with E-state index < -0.39 is 11.9 Å². The van der Waals surface area contributed by atoms with Gasteiger partial charge in [0, 0.05) is 18.5 Å². The van der Waals surface area contributed by atoms with Gasteiger partial charge in [-0.25, -0.2) is 0 Å². The Morgan fingerprint density at radius 1 is 1.35 bits per heavy atom. The van der Waals surface area contributed by atoms with Gasteiger partial charge in [-0.2, -0.15) is 0 Å². The van der Waals surface area contributed by atoms with E-state index >= 15 is 0 Å². The van der Waals surface area contributed by atoms with E-state index in [4.69, 9.17) is 15.2 Å². The predicted octanol–water partition coefficient (Wildman–Crippen LogP) is 0.350. The van der Waals surface area contributed by atoms with Crippen molar-refractivity contribution in [1.82, 2.24) is 0 Å². The highest BCUT2D eigenvalue weighted by Crippen LogP contribution is 2.30. The third-order valence-electron chi connectivity index (χ3n) is 2.56. The minimum Gasteiger partial charge on any atom is -0.490 e. The van der Waals surface area contributed by atoms with Crippen molar-refractivity contribution < 1.29 is 19.4 Å². The maximum absolute atomic E-state index is 11.7. The third kappa shape index (κ3) is 2.57. The molecule has 0 radical (unpaired) electrons. The molecule has 1 atom stereocenters. The summed E-state index contributed by atoms with van der Waals surface area (Å²) < 4.78 is 10.9. The summed E-state index contributed by atoms with van der Waals surface area (Å²) in [5.41, 5.74) is 5.63. The Morgan fingerprint density at radius 3 is 2.76 bits per heavy atom. The molecule has 1 aliphatic rings. The molecule has 1 aliphatic heterocycles. The van der Waals surface area contributed by atoms with Crippen LogP contribution < -0.4 is 15.2 Å². The molecule has 1 unspecified atom stereocenters. The van der Waals surface area contributed by atoms with Crippen LogP contribution in [0.15, 0.2) is 18.2 Å². The number of rotatable bonds is 3. The number of nitrogens with two attached hydrogens (primary N) is 1. The number of fused-ring (bicyclic) bond motifs is 1. The van der Waals surface area contributed by atoms with Crippen molar-refractivity contribution in [1.29, 1.82) is 0 Å². The van der Waals surface area contributed by atoms with E-state index in [1.807, 2.05) is 0 Å². The molecule has 1 aromatic rings. The predicted molar refractivity (Wildman–Crippen MR) is 61.4 cm³/mol. The fraction of sp³-hybridized carbons (Fsp3) is 0.417. The first-order valence-electron chi connectivity index (χ1n) is 5.54. The van der Waals surface area contributed by atoms with E-state index in [0.29, 0.717) is 30.3 Å². The second-order valence-corrected chi connectivity index (χ2v) is 3.83. The van der Waals surface area contributed by atoms with Gasteiger partial charge in [0.15, 0.2) is 17.3 Å². The van der Waals surface area contributed by atoms with Crippen LogP contribution in [0.5, 0.6) is 11.5 Å². The summed E-state index contributed by atoms with van der Waals surface area (Å²) in [5, 5.41) is 9.39. The zero-order chi connectivity index (χ0) is 12.3. The summed E-state index contributed by atoms with van der Waals surface area (Å²) in [4.78, 5) is 11.7. The van der Waals surface area contributed by atoms with Gasteiger partial charge in [-0.05, 0) is 18.2 Å². The lowest BCUT2D eigenvalue weighted by atomic mass is 10.1. The smallest absolute Gasteiger partial charge is 0.192 e. The Morgan fingerprint density at radius 2 is 2.06 bits per heavy atom. The Hall–Kier alpha value is -1.59. The number of aliphatic hydroxyl groups is 1. The number of carbonyl (C=O) groups excluding carboxylic acids is 1. The highest BCUT2D eigenvalue weighted by Gasteiger charge is 2.18. The molecular formula is C12H15NO4. The Bertz CT molecular complexity index is 419. The highest BCUT2D eigenvalue weighted by atomic mass is 16.5. The Labute approximate surface area is 99.1 Å². The normalized spacial score (nSPS) is 16.1. The molecule has 2 rings (SSSR count). The maximum atomic E-state index is 11.7. The van der Waals surface area contributed by atoms with E-state index in [0.717, 1.165) is 6.42 Å². The molecule has 0 aromatic heterocycles. The highest BCUT2D eigenvalue weighted by molar-refractivity contribution is 6.00. The van der Waals surface area contributed by atoms with Crippen LogP contribution in [0.2, 0.25) is 0 Å². The van der Waals surface area contributed by atoms with E-state index in [-0.39, 0.29) is 6.54 Å². The van der Waals surface area contributed by atoms with Crippen molar-refractivity contribution in [3.63, 3.8) is 0 Å². The lowest BCUT2D eigenvalue weighted by Crippen LogP contribution is -2.29. The van der Waals surface area contributed by atoms with Gasteiger partial charge in [-0.3, -0.25) is 4.79 Å². The maximum Gasteiger partial charge on any atom is 0.192 e. The minimum absolute atomic E-state index is 0.0900. The molecule has 0 aliphatic carbocycles. The second kappa shape index (κ2) is 5.16. The molecule has 0 spiro atoms. The quantitative estimate of drug-likeness (QED) is 0.741. The fourth-order valence-corrected chi connectivity index (χ4v) is 1.62. The first-order chi connectivity index (χ1) is 8.22. The van der Waals surface area contributed by atoms with E-state index in [9.17, 15) is 9.90 Å². The number of benzene rings is 1. The first-order valence-corrected chi connectivity index (χ1v) is 5.54. The second-order valence-electron chi connectivity index (χ2n) is 3.83. The lowest BCUT2D eigenvalue weighted by Gasteiger charge is -2.10. The van der Waals surface area contributed by atoms with Crippen molar-refractivity contribution >= 4 is 5.78 Å². The van der Waals surface area contributed by atoms with Gasteiger partial charge in [0.25, 0.3) is 0 Å². The SMILES string of the molecule is NCC(O)C(=O)c1ccc2c(c1)OCCCO2. The number of ether oxygens (including phenoxy) is 2. The number of carbonyl (C=O) groups is 1. The van der Waals surface area contributed by atoms with E-state index in [1.165, 1.54) is 0 Å². The number of aliphatic hydroxyl groups excluding tert-OH is 1. The number of Topliss-reactive ketones (excluding diaryl/α,β-unsaturated/α-hetero) is 1. The molecular weight excluding hydrogens is 222 g/mol. The largest absolute Gasteiger partial charge is 0.490 e. The molecule has 1 aromatic carbocycles. The molecule has 3 N–H and O–H groups in total.